The van der Waals surface area contributed by atoms with Gasteiger partial charge in [0.15, 0.2) is 0 Å². The van der Waals surface area contributed by atoms with Gasteiger partial charge in [0.25, 0.3) is 0 Å². The number of amides is 2. The predicted octanol–water partition coefficient (Wildman–Crippen LogP) is 4.08. The van der Waals surface area contributed by atoms with E-state index in [9.17, 15) is 9.59 Å². The van der Waals surface area contributed by atoms with Crippen LogP contribution in [0.5, 0.6) is 0 Å². The van der Waals surface area contributed by atoms with Gasteiger partial charge < -0.3 is 20.4 Å². The third-order valence-electron chi connectivity index (χ3n) is 4.71. The fourth-order valence-electron chi connectivity index (χ4n) is 3.27. The van der Waals surface area contributed by atoms with Gasteiger partial charge in [0.2, 0.25) is 5.91 Å². The molecule has 0 spiro atoms. The zero-order valence-corrected chi connectivity index (χ0v) is 16.3. The van der Waals surface area contributed by atoms with Gasteiger partial charge in [0.05, 0.1) is 6.61 Å². The second-order valence-corrected chi connectivity index (χ2v) is 6.74. The van der Waals surface area contributed by atoms with Crippen LogP contribution in [0.1, 0.15) is 23.6 Å². The molecule has 0 saturated heterocycles. The highest BCUT2D eigenvalue weighted by molar-refractivity contribution is 5.98. The molecule has 1 aromatic heterocycles. The van der Waals surface area contributed by atoms with E-state index in [1.807, 2.05) is 62.5 Å². The van der Waals surface area contributed by atoms with Gasteiger partial charge >= 0.3 is 6.09 Å². The lowest BCUT2D eigenvalue weighted by Gasteiger charge is -2.19. The highest BCUT2D eigenvalue weighted by Gasteiger charge is 2.24. The number of hydrogen-bond donors (Lipinski definition) is 3. The molecule has 2 amide bonds. The molecule has 146 valence electrons. The minimum Gasteiger partial charge on any atom is -0.450 e. The van der Waals surface area contributed by atoms with Crippen LogP contribution < -0.4 is 10.6 Å². The lowest BCUT2D eigenvalue weighted by atomic mass is 10.0. The minimum atomic E-state index is -0.766. The average molecular weight is 379 g/mol. The lowest BCUT2D eigenvalue weighted by Crippen LogP contribution is -2.45. The Morgan fingerprint density at radius 1 is 1.07 bits per heavy atom. The molecule has 0 aliphatic heterocycles. The first kappa shape index (κ1) is 19.5. The van der Waals surface area contributed by atoms with Crippen LogP contribution in [0.2, 0.25) is 0 Å². The van der Waals surface area contributed by atoms with Gasteiger partial charge in [-0.15, -0.1) is 0 Å². The summed E-state index contributed by atoms with van der Waals surface area (Å²) in [5.74, 6) is -0.282. The molecule has 1 atom stereocenters. The standard InChI is InChI=1S/C22H25N3O3/c1-4-28-22(27)24-19(12-16-13-23-18-11-6-5-10-17(16)18)21(26)25-20-14(2)8-7-9-15(20)3/h5-11,13,19,23H,4,12H2,1-3H3,(H,24,27)(H,25,26)/t19-/m1/s1. The Hall–Kier alpha value is -3.28. The zero-order chi connectivity index (χ0) is 20.1. The molecule has 0 fully saturated rings. The van der Waals surface area contributed by atoms with E-state index in [-0.39, 0.29) is 12.5 Å². The molecule has 0 aliphatic rings. The first-order valence-electron chi connectivity index (χ1n) is 9.35. The van der Waals surface area contributed by atoms with E-state index < -0.39 is 12.1 Å². The summed E-state index contributed by atoms with van der Waals surface area (Å²) >= 11 is 0. The van der Waals surface area contributed by atoms with E-state index in [0.29, 0.717) is 6.42 Å². The zero-order valence-electron chi connectivity index (χ0n) is 16.3. The van der Waals surface area contributed by atoms with Gasteiger partial charge in [-0.25, -0.2) is 4.79 Å². The second kappa shape index (κ2) is 8.61. The number of benzene rings is 2. The lowest BCUT2D eigenvalue weighted by molar-refractivity contribution is -0.118. The Morgan fingerprint density at radius 3 is 2.50 bits per heavy atom. The van der Waals surface area contributed by atoms with Crippen LogP contribution in [-0.4, -0.2) is 29.6 Å². The quantitative estimate of drug-likeness (QED) is 0.603. The number of rotatable bonds is 6. The Labute approximate surface area is 164 Å². The SMILES string of the molecule is CCOC(=O)N[C@H](Cc1c[nH]c2ccccc12)C(=O)Nc1c(C)cccc1C. The maximum absolute atomic E-state index is 13.0. The number of ether oxygens (including phenoxy) is 1. The van der Waals surface area contributed by atoms with Crippen molar-refractivity contribution in [3.05, 3.63) is 65.4 Å². The van der Waals surface area contributed by atoms with Crippen LogP contribution in [-0.2, 0) is 16.0 Å². The van der Waals surface area contributed by atoms with Gasteiger partial charge in [0.1, 0.15) is 6.04 Å². The summed E-state index contributed by atoms with van der Waals surface area (Å²) in [7, 11) is 0. The van der Waals surface area contributed by atoms with Crippen LogP contribution in [0.15, 0.2) is 48.7 Å². The first-order chi connectivity index (χ1) is 13.5. The van der Waals surface area contributed by atoms with E-state index in [1.54, 1.807) is 6.92 Å². The van der Waals surface area contributed by atoms with Crippen molar-refractivity contribution in [1.82, 2.24) is 10.3 Å². The summed E-state index contributed by atoms with van der Waals surface area (Å²) < 4.78 is 4.99. The number of alkyl carbamates (subject to hydrolysis) is 1. The molecular formula is C22H25N3O3. The largest absolute Gasteiger partial charge is 0.450 e. The number of H-pyrrole nitrogens is 1. The Morgan fingerprint density at radius 2 is 1.79 bits per heavy atom. The van der Waals surface area contributed by atoms with Crippen molar-refractivity contribution >= 4 is 28.6 Å². The number of para-hydroxylation sites is 2. The highest BCUT2D eigenvalue weighted by Crippen LogP contribution is 2.22. The minimum absolute atomic E-state index is 0.240. The van der Waals surface area contributed by atoms with E-state index in [4.69, 9.17) is 4.74 Å². The molecule has 28 heavy (non-hydrogen) atoms. The van der Waals surface area contributed by atoms with Crippen molar-refractivity contribution in [1.29, 1.82) is 0 Å². The number of aryl methyl sites for hydroxylation is 2. The smallest absolute Gasteiger partial charge is 0.407 e. The first-order valence-corrected chi connectivity index (χ1v) is 9.35. The molecule has 3 aromatic rings. The number of fused-ring (bicyclic) bond motifs is 1. The number of hydrogen-bond acceptors (Lipinski definition) is 3. The van der Waals surface area contributed by atoms with Gasteiger partial charge in [-0.3, -0.25) is 4.79 Å². The predicted molar refractivity (Wildman–Crippen MR) is 110 cm³/mol. The Bertz CT molecular complexity index is 973. The molecular weight excluding hydrogens is 354 g/mol. The van der Waals surface area contributed by atoms with E-state index >= 15 is 0 Å². The summed E-state index contributed by atoms with van der Waals surface area (Å²) in [6.07, 6.45) is 1.61. The van der Waals surface area contributed by atoms with Gasteiger partial charge in [0, 0.05) is 29.2 Å². The molecule has 0 unspecified atom stereocenters. The highest BCUT2D eigenvalue weighted by atomic mass is 16.5. The van der Waals surface area contributed by atoms with Crippen LogP contribution in [0, 0.1) is 13.8 Å². The summed E-state index contributed by atoms with van der Waals surface area (Å²) in [6.45, 7) is 5.85. The van der Waals surface area contributed by atoms with Crippen molar-refractivity contribution in [3.63, 3.8) is 0 Å². The molecule has 0 saturated carbocycles. The third-order valence-corrected chi connectivity index (χ3v) is 4.71. The number of nitrogens with one attached hydrogen (secondary N) is 3. The number of aromatic amines is 1. The summed E-state index contributed by atoms with van der Waals surface area (Å²) in [4.78, 5) is 28.2. The summed E-state index contributed by atoms with van der Waals surface area (Å²) in [6, 6.07) is 12.9. The second-order valence-electron chi connectivity index (χ2n) is 6.74. The molecule has 2 aromatic carbocycles. The van der Waals surface area contributed by atoms with Crippen LogP contribution in [0.25, 0.3) is 10.9 Å². The maximum atomic E-state index is 13.0. The van der Waals surface area contributed by atoms with Crippen LogP contribution >= 0.6 is 0 Å². The Kier molecular flexibility index (Phi) is 5.99. The average Bonchev–Trinajstić information content (AvgIpc) is 3.07. The molecule has 1 heterocycles. The van der Waals surface area contributed by atoms with E-state index in [2.05, 4.69) is 15.6 Å². The maximum Gasteiger partial charge on any atom is 0.407 e. The number of aromatic nitrogens is 1. The van der Waals surface area contributed by atoms with Gasteiger partial charge in [-0.05, 0) is 43.5 Å². The molecule has 3 rings (SSSR count). The molecule has 6 heteroatoms. The molecule has 3 N–H and O–H groups in total. The fraction of sp³-hybridized carbons (Fsp3) is 0.273. The number of carbonyl (C=O) groups excluding carboxylic acids is 2. The van der Waals surface area contributed by atoms with Crippen molar-refractivity contribution < 1.29 is 14.3 Å². The Balaban J connectivity index is 1.85. The van der Waals surface area contributed by atoms with E-state index in [1.165, 1.54) is 0 Å². The number of anilines is 1. The normalized spacial score (nSPS) is 11.8. The summed E-state index contributed by atoms with van der Waals surface area (Å²) in [5, 5.41) is 6.69. The van der Waals surface area contributed by atoms with Crippen LogP contribution in [0.3, 0.4) is 0 Å². The number of carbonyl (C=O) groups is 2. The van der Waals surface area contributed by atoms with E-state index in [0.717, 1.165) is 33.3 Å². The van der Waals surface area contributed by atoms with Crippen molar-refractivity contribution in [2.24, 2.45) is 0 Å². The molecule has 6 nitrogen and oxygen atoms in total. The van der Waals surface area contributed by atoms with Crippen molar-refractivity contribution in [3.8, 4) is 0 Å². The van der Waals surface area contributed by atoms with Crippen LogP contribution in [0.4, 0.5) is 10.5 Å². The fourth-order valence-corrected chi connectivity index (χ4v) is 3.27. The third kappa shape index (κ3) is 4.34. The van der Waals surface area contributed by atoms with Crippen molar-refractivity contribution in [2.75, 3.05) is 11.9 Å². The topological polar surface area (TPSA) is 83.2 Å². The van der Waals surface area contributed by atoms with Crippen molar-refractivity contribution in [2.45, 2.75) is 33.2 Å². The van der Waals surface area contributed by atoms with Gasteiger partial charge in [-0.2, -0.15) is 0 Å². The molecule has 0 bridgehead atoms. The summed E-state index contributed by atoms with van der Waals surface area (Å²) in [5.41, 5.74) is 4.64. The van der Waals surface area contributed by atoms with Gasteiger partial charge in [-0.1, -0.05) is 36.4 Å². The molecule has 0 aliphatic carbocycles. The molecule has 0 radical (unpaired) electrons. The monoisotopic (exact) mass is 379 g/mol.